The van der Waals surface area contributed by atoms with Gasteiger partial charge in [0, 0.05) is 59.8 Å². The minimum Gasteiger partial charge on any atom is -0.306 e. The maximum absolute atomic E-state index is 4.93. The van der Waals surface area contributed by atoms with Crippen LogP contribution in [0.4, 0.5) is 0 Å². The van der Waals surface area contributed by atoms with Crippen molar-refractivity contribution in [3.63, 3.8) is 0 Å². The van der Waals surface area contributed by atoms with Crippen LogP contribution in [0.5, 0.6) is 0 Å². The Balaban J connectivity index is 1.81. The van der Waals surface area contributed by atoms with Crippen LogP contribution in [0.3, 0.4) is 0 Å². The molecule has 3 rings (SSSR count). The molecule has 2 heterocycles. The summed E-state index contributed by atoms with van der Waals surface area (Å²) in [5.41, 5.74) is 3.73. The van der Waals surface area contributed by atoms with Crippen LogP contribution in [0.15, 0.2) is 18.6 Å². The molecule has 0 saturated carbocycles. The molecule has 0 aliphatic heterocycles. The zero-order valence-electron chi connectivity index (χ0n) is 16.9. The van der Waals surface area contributed by atoms with E-state index >= 15 is 0 Å². The first kappa shape index (κ1) is 18.9. The molecule has 0 fully saturated rings. The Kier molecular flexibility index (Phi) is 5.11. The fraction of sp³-hybridized carbons (Fsp3) is 0.619. The summed E-state index contributed by atoms with van der Waals surface area (Å²) < 4.78 is 0. The van der Waals surface area contributed by atoms with E-state index in [0.29, 0.717) is 0 Å². The molecule has 2 aromatic rings. The highest BCUT2D eigenvalue weighted by molar-refractivity contribution is 5.28. The summed E-state index contributed by atoms with van der Waals surface area (Å²) >= 11 is 0. The topological polar surface area (TPSA) is 63.6 Å². The highest BCUT2D eigenvalue weighted by Gasteiger charge is 2.34. The predicted molar refractivity (Wildman–Crippen MR) is 104 cm³/mol. The summed E-state index contributed by atoms with van der Waals surface area (Å²) in [6.07, 6.45) is 8.82. The van der Waals surface area contributed by atoms with E-state index in [1.54, 1.807) is 0 Å². The van der Waals surface area contributed by atoms with Gasteiger partial charge in [-0.1, -0.05) is 41.5 Å². The smallest absolute Gasteiger partial charge is 0.133 e. The lowest BCUT2D eigenvalue weighted by atomic mass is 9.74. The first-order valence-corrected chi connectivity index (χ1v) is 9.57. The lowest BCUT2D eigenvalue weighted by Gasteiger charge is -2.37. The number of rotatable bonds is 4. The molecular weight excluding hydrogens is 322 g/mol. The van der Waals surface area contributed by atoms with Gasteiger partial charge in [0.2, 0.25) is 0 Å². The van der Waals surface area contributed by atoms with Crippen molar-refractivity contribution < 1.29 is 0 Å². The molecule has 0 amide bonds. The van der Waals surface area contributed by atoms with E-state index in [9.17, 15) is 0 Å². The summed E-state index contributed by atoms with van der Waals surface area (Å²) in [4.78, 5) is 18.4. The second-order valence-electron chi connectivity index (χ2n) is 9.19. The van der Waals surface area contributed by atoms with Crippen LogP contribution < -0.4 is 5.32 Å². The molecule has 1 aliphatic rings. The molecule has 0 spiro atoms. The SMILES string of the molecule is CCc1ncc(CNC2CC(C)(C)Cc3nc(C(C)(C)C)ncc32)cn1. The number of nitrogens with one attached hydrogen (secondary N) is 1. The summed E-state index contributed by atoms with van der Waals surface area (Å²) in [7, 11) is 0. The van der Waals surface area contributed by atoms with Crippen LogP contribution in [-0.4, -0.2) is 19.9 Å². The first-order chi connectivity index (χ1) is 12.2. The Bertz CT molecular complexity index is 759. The summed E-state index contributed by atoms with van der Waals surface area (Å²) in [5.74, 6) is 1.82. The van der Waals surface area contributed by atoms with Crippen molar-refractivity contribution in [3.8, 4) is 0 Å². The van der Waals surface area contributed by atoms with Gasteiger partial charge in [0.25, 0.3) is 0 Å². The number of hydrogen-bond donors (Lipinski definition) is 1. The molecule has 1 unspecified atom stereocenters. The Labute approximate surface area is 157 Å². The fourth-order valence-electron chi connectivity index (χ4n) is 3.49. The van der Waals surface area contributed by atoms with Crippen molar-refractivity contribution in [2.45, 2.75) is 78.8 Å². The molecule has 5 heteroatoms. The van der Waals surface area contributed by atoms with Gasteiger partial charge in [-0.25, -0.2) is 19.9 Å². The van der Waals surface area contributed by atoms with Gasteiger partial charge in [0.05, 0.1) is 0 Å². The molecule has 1 aliphatic carbocycles. The highest BCUT2D eigenvalue weighted by atomic mass is 15.0. The Morgan fingerprint density at radius 3 is 2.42 bits per heavy atom. The molecule has 2 aromatic heterocycles. The normalized spacial score (nSPS) is 19.2. The van der Waals surface area contributed by atoms with E-state index < -0.39 is 0 Å². The molecule has 140 valence electrons. The molecule has 26 heavy (non-hydrogen) atoms. The average molecular weight is 354 g/mol. The number of hydrogen-bond acceptors (Lipinski definition) is 5. The molecule has 1 N–H and O–H groups in total. The maximum Gasteiger partial charge on any atom is 0.133 e. The molecular formula is C21H31N5. The monoisotopic (exact) mass is 353 g/mol. The third kappa shape index (κ3) is 4.26. The number of aromatic nitrogens is 4. The van der Waals surface area contributed by atoms with E-state index in [1.807, 2.05) is 18.6 Å². The number of fused-ring (bicyclic) bond motifs is 1. The number of aryl methyl sites for hydroxylation is 1. The molecule has 1 atom stereocenters. The first-order valence-electron chi connectivity index (χ1n) is 9.57. The van der Waals surface area contributed by atoms with Gasteiger partial charge in [0.15, 0.2) is 0 Å². The zero-order chi connectivity index (χ0) is 18.9. The van der Waals surface area contributed by atoms with E-state index in [0.717, 1.165) is 43.0 Å². The second kappa shape index (κ2) is 7.03. The highest BCUT2D eigenvalue weighted by Crippen LogP contribution is 2.40. The van der Waals surface area contributed by atoms with Gasteiger partial charge in [-0.15, -0.1) is 0 Å². The average Bonchev–Trinajstić information content (AvgIpc) is 2.58. The van der Waals surface area contributed by atoms with Crippen molar-refractivity contribution in [2.24, 2.45) is 5.41 Å². The summed E-state index contributed by atoms with van der Waals surface area (Å²) in [5, 5.41) is 3.69. The number of nitrogens with zero attached hydrogens (tertiary/aromatic N) is 4. The molecule has 0 aromatic carbocycles. The fourth-order valence-corrected chi connectivity index (χ4v) is 3.49. The van der Waals surface area contributed by atoms with Gasteiger partial charge in [0.1, 0.15) is 11.6 Å². The lowest BCUT2D eigenvalue weighted by Crippen LogP contribution is -2.35. The molecule has 0 bridgehead atoms. The van der Waals surface area contributed by atoms with Crippen molar-refractivity contribution in [2.75, 3.05) is 0 Å². The molecule has 0 radical (unpaired) electrons. The van der Waals surface area contributed by atoms with E-state index in [-0.39, 0.29) is 16.9 Å². The van der Waals surface area contributed by atoms with Crippen molar-refractivity contribution >= 4 is 0 Å². The standard InChI is InChI=1S/C21H31N5/c1-7-18-23-11-14(12-24-18)10-22-16-8-21(5,6)9-17-15(16)13-25-19(26-17)20(2,3)4/h11-13,16,22H,7-10H2,1-6H3. The third-order valence-corrected chi connectivity index (χ3v) is 4.98. The van der Waals surface area contributed by atoms with Crippen LogP contribution in [0.1, 0.15) is 82.5 Å². The van der Waals surface area contributed by atoms with E-state index in [1.165, 1.54) is 11.3 Å². The minimum absolute atomic E-state index is 0.0299. The Morgan fingerprint density at radius 2 is 1.81 bits per heavy atom. The Morgan fingerprint density at radius 1 is 1.12 bits per heavy atom. The largest absolute Gasteiger partial charge is 0.306 e. The van der Waals surface area contributed by atoms with E-state index in [2.05, 4.69) is 61.8 Å². The predicted octanol–water partition coefficient (Wildman–Crippen LogP) is 3.93. The minimum atomic E-state index is -0.0299. The molecule has 0 saturated heterocycles. The van der Waals surface area contributed by atoms with Crippen LogP contribution in [0.2, 0.25) is 0 Å². The van der Waals surface area contributed by atoms with Crippen molar-refractivity contribution in [3.05, 3.63) is 47.1 Å². The van der Waals surface area contributed by atoms with E-state index in [4.69, 9.17) is 4.98 Å². The van der Waals surface area contributed by atoms with Gasteiger partial charge in [-0.05, 0) is 18.3 Å². The summed E-state index contributed by atoms with van der Waals surface area (Å²) in [6.45, 7) is 14.0. The van der Waals surface area contributed by atoms with Crippen LogP contribution in [0, 0.1) is 5.41 Å². The van der Waals surface area contributed by atoms with Gasteiger partial charge in [-0.2, -0.15) is 0 Å². The van der Waals surface area contributed by atoms with Crippen molar-refractivity contribution in [1.29, 1.82) is 0 Å². The van der Waals surface area contributed by atoms with Crippen LogP contribution in [-0.2, 0) is 24.8 Å². The molecule has 5 nitrogen and oxygen atoms in total. The van der Waals surface area contributed by atoms with Gasteiger partial charge >= 0.3 is 0 Å². The second-order valence-corrected chi connectivity index (χ2v) is 9.19. The third-order valence-electron chi connectivity index (χ3n) is 4.98. The van der Waals surface area contributed by atoms with Gasteiger partial charge in [-0.3, -0.25) is 0 Å². The van der Waals surface area contributed by atoms with Crippen LogP contribution in [0.25, 0.3) is 0 Å². The quantitative estimate of drug-likeness (QED) is 0.902. The van der Waals surface area contributed by atoms with Crippen LogP contribution >= 0.6 is 0 Å². The summed E-state index contributed by atoms with van der Waals surface area (Å²) in [6, 6.07) is 0.258. The maximum atomic E-state index is 4.93. The zero-order valence-corrected chi connectivity index (χ0v) is 16.9. The lowest BCUT2D eigenvalue weighted by molar-refractivity contribution is 0.251. The Hall–Kier alpha value is -1.88. The van der Waals surface area contributed by atoms with Crippen molar-refractivity contribution in [1.82, 2.24) is 25.3 Å². The van der Waals surface area contributed by atoms with Gasteiger partial charge < -0.3 is 5.32 Å².